The molecule has 0 radical (unpaired) electrons. The number of carbonyl (C=O) groups is 1. The maximum Gasteiger partial charge on any atom is 0.407 e. The first kappa shape index (κ1) is 20.8. The van der Waals surface area contributed by atoms with Crippen LogP contribution in [0, 0.1) is 0 Å². The fourth-order valence-corrected chi connectivity index (χ4v) is 2.10. The molecule has 0 spiro atoms. The third-order valence-electron chi connectivity index (χ3n) is 3.36. The molecule has 25 heavy (non-hydrogen) atoms. The van der Waals surface area contributed by atoms with E-state index < -0.39 is 5.60 Å². The Labute approximate surface area is 151 Å². The predicted molar refractivity (Wildman–Crippen MR) is 104 cm³/mol. The number of carbonyl (C=O) groups excluding carboxylic acids is 1. The van der Waals surface area contributed by atoms with Crippen LogP contribution in [0.25, 0.3) is 0 Å². The minimum Gasteiger partial charge on any atom is -0.444 e. The number of nitrogens with one attached hydrogen (secondary N) is 2. The number of nitrogens with two attached hydrogens (primary N) is 1. The zero-order chi connectivity index (χ0) is 18.9. The molecule has 0 saturated heterocycles. The summed E-state index contributed by atoms with van der Waals surface area (Å²) >= 11 is 0. The highest BCUT2D eigenvalue weighted by Crippen LogP contribution is 2.18. The summed E-state index contributed by atoms with van der Waals surface area (Å²) in [6, 6.07) is 8.16. The van der Waals surface area contributed by atoms with Crippen LogP contribution in [0.4, 0.5) is 10.5 Å². The third-order valence-corrected chi connectivity index (χ3v) is 3.36. The number of ether oxygens (including phenoxy) is 1. The lowest BCUT2D eigenvalue weighted by Gasteiger charge is -2.19. The molecule has 0 aliphatic rings. The van der Waals surface area contributed by atoms with Gasteiger partial charge in [-0.05, 0) is 57.2 Å². The Morgan fingerprint density at radius 3 is 2.64 bits per heavy atom. The summed E-state index contributed by atoms with van der Waals surface area (Å²) in [6.45, 7) is 11.0. The lowest BCUT2D eigenvalue weighted by atomic mass is 10.0. The lowest BCUT2D eigenvalue weighted by Crippen LogP contribution is -2.33. The monoisotopic (exact) mass is 348 g/mol. The number of alkyl carbamates (subject to hydrolysis) is 1. The van der Waals surface area contributed by atoms with Crippen molar-refractivity contribution in [2.24, 2.45) is 10.7 Å². The predicted octanol–water partition coefficient (Wildman–Crippen LogP) is 3.84. The zero-order valence-electron chi connectivity index (χ0n) is 16.1. The Hall–Kier alpha value is -2.24. The molecular formula is C19H32N4O2. The minimum atomic E-state index is -0.471. The number of rotatable bonds is 7. The lowest BCUT2D eigenvalue weighted by molar-refractivity contribution is 0.0527. The van der Waals surface area contributed by atoms with E-state index in [-0.39, 0.29) is 6.09 Å². The smallest absolute Gasteiger partial charge is 0.407 e. The van der Waals surface area contributed by atoms with Crippen LogP contribution in [0.15, 0.2) is 29.3 Å². The second-order valence-electron chi connectivity index (χ2n) is 7.31. The van der Waals surface area contributed by atoms with Crippen molar-refractivity contribution in [3.05, 3.63) is 29.8 Å². The molecule has 4 N–H and O–H groups in total. The fourth-order valence-electron chi connectivity index (χ4n) is 2.10. The summed E-state index contributed by atoms with van der Waals surface area (Å²) in [4.78, 5) is 15.8. The Kier molecular flexibility index (Phi) is 8.25. The van der Waals surface area contributed by atoms with Crippen LogP contribution in [-0.4, -0.2) is 30.7 Å². The first-order valence-electron chi connectivity index (χ1n) is 8.81. The molecule has 6 nitrogen and oxygen atoms in total. The van der Waals surface area contributed by atoms with E-state index in [0.717, 1.165) is 18.5 Å². The fraction of sp³-hybridized carbons (Fsp3) is 0.579. The molecule has 0 aromatic heterocycles. The minimum absolute atomic E-state index is 0.387. The van der Waals surface area contributed by atoms with Gasteiger partial charge in [0.15, 0.2) is 5.96 Å². The van der Waals surface area contributed by atoms with Gasteiger partial charge in [0, 0.05) is 18.8 Å². The molecular weight excluding hydrogens is 316 g/mol. The molecule has 0 aliphatic carbocycles. The molecule has 1 aromatic carbocycles. The van der Waals surface area contributed by atoms with Gasteiger partial charge in [-0.15, -0.1) is 0 Å². The molecule has 0 atom stereocenters. The third kappa shape index (κ3) is 9.59. The average molecular weight is 348 g/mol. The number of benzene rings is 1. The summed E-state index contributed by atoms with van der Waals surface area (Å²) in [5.41, 5.74) is 7.64. The molecule has 0 unspecified atom stereocenters. The number of aliphatic imine (C=N–C) groups is 1. The van der Waals surface area contributed by atoms with Crippen LogP contribution in [-0.2, 0) is 4.74 Å². The van der Waals surface area contributed by atoms with Crippen LogP contribution < -0.4 is 16.4 Å². The van der Waals surface area contributed by atoms with Gasteiger partial charge in [0.05, 0.1) is 0 Å². The van der Waals surface area contributed by atoms with Crippen LogP contribution in [0.1, 0.15) is 58.9 Å². The molecule has 1 aromatic rings. The van der Waals surface area contributed by atoms with E-state index in [1.807, 2.05) is 32.9 Å². The van der Waals surface area contributed by atoms with Crippen molar-refractivity contribution < 1.29 is 9.53 Å². The highest BCUT2D eigenvalue weighted by Gasteiger charge is 2.15. The standard InChI is InChI=1S/C19H32N4O2/c1-14(2)15-9-8-10-16(13-15)23-17(20)21-11-6-7-12-22-18(24)25-19(3,4)5/h8-10,13-14H,6-7,11-12H2,1-5H3,(H,22,24)(H3,20,21,23). The van der Waals surface area contributed by atoms with Crippen molar-refractivity contribution in [3.63, 3.8) is 0 Å². The van der Waals surface area contributed by atoms with Crippen molar-refractivity contribution in [2.75, 3.05) is 18.4 Å². The van der Waals surface area contributed by atoms with Gasteiger partial charge in [-0.2, -0.15) is 0 Å². The maximum absolute atomic E-state index is 11.5. The number of hydrogen-bond acceptors (Lipinski definition) is 3. The number of hydrogen-bond donors (Lipinski definition) is 3. The average Bonchev–Trinajstić information content (AvgIpc) is 2.49. The number of nitrogens with zero attached hydrogens (tertiary/aromatic N) is 1. The van der Waals surface area contributed by atoms with Gasteiger partial charge in [-0.25, -0.2) is 4.79 Å². The molecule has 1 rings (SSSR count). The summed E-state index contributed by atoms with van der Waals surface area (Å²) in [6.07, 6.45) is 1.27. The van der Waals surface area contributed by atoms with Crippen molar-refractivity contribution in [1.82, 2.24) is 5.32 Å². The summed E-state index contributed by atoms with van der Waals surface area (Å²) < 4.78 is 5.17. The second kappa shape index (κ2) is 9.91. The highest BCUT2D eigenvalue weighted by atomic mass is 16.6. The molecule has 0 saturated carbocycles. The number of guanidine groups is 1. The number of unbranched alkanes of at least 4 members (excludes halogenated alkanes) is 1. The van der Waals surface area contributed by atoms with Crippen LogP contribution in [0.5, 0.6) is 0 Å². The molecule has 0 fully saturated rings. The van der Waals surface area contributed by atoms with Gasteiger partial charge >= 0.3 is 6.09 Å². The van der Waals surface area contributed by atoms with Crippen molar-refractivity contribution in [3.8, 4) is 0 Å². The molecule has 1 amide bonds. The topological polar surface area (TPSA) is 88.7 Å². The molecule has 0 bridgehead atoms. The van der Waals surface area contributed by atoms with E-state index in [1.165, 1.54) is 5.56 Å². The second-order valence-corrected chi connectivity index (χ2v) is 7.31. The van der Waals surface area contributed by atoms with E-state index in [2.05, 4.69) is 41.6 Å². The normalized spacial score (nSPS) is 12.2. The summed E-state index contributed by atoms with van der Waals surface area (Å²) in [5, 5.41) is 5.84. The van der Waals surface area contributed by atoms with Gasteiger partial charge in [0.25, 0.3) is 0 Å². The number of amides is 1. The molecule has 0 heterocycles. The van der Waals surface area contributed by atoms with Gasteiger partial charge < -0.3 is 21.1 Å². The Morgan fingerprint density at radius 2 is 2.00 bits per heavy atom. The van der Waals surface area contributed by atoms with Gasteiger partial charge in [-0.1, -0.05) is 26.0 Å². The summed E-state index contributed by atoms with van der Waals surface area (Å²) in [5.74, 6) is 0.874. The van der Waals surface area contributed by atoms with Crippen LogP contribution in [0.3, 0.4) is 0 Å². The van der Waals surface area contributed by atoms with Crippen molar-refractivity contribution >= 4 is 17.7 Å². The molecule has 140 valence electrons. The first-order valence-corrected chi connectivity index (χ1v) is 8.81. The van der Waals surface area contributed by atoms with Crippen LogP contribution >= 0.6 is 0 Å². The Bertz CT molecular complexity index is 577. The highest BCUT2D eigenvalue weighted by molar-refractivity contribution is 5.92. The maximum atomic E-state index is 11.5. The van der Waals surface area contributed by atoms with Gasteiger partial charge in [0.1, 0.15) is 5.60 Å². The first-order chi connectivity index (χ1) is 11.7. The molecule has 6 heteroatoms. The summed E-state index contributed by atoms with van der Waals surface area (Å²) in [7, 11) is 0. The number of anilines is 1. The van der Waals surface area contributed by atoms with E-state index in [4.69, 9.17) is 10.5 Å². The zero-order valence-corrected chi connectivity index (χ0v) is 16.1. The van der Waals surface area contributed by atoms with Crippen molar-refractivity contribution in [2.45, 2.75) is 59.0 Å². The quantitative estimate of drug-likeness (QED) is 0.397. The largest absolute Gasteiger partial charge is 0.444 e. The molecule has 0 aliphatic heterocycles. The van der Waals surface area contributed by atoms with Crippen LogP contribution in [0.2, 0.25) is 0 Å². The SMILES string of the molecule is CC(C)c1cccc(NC(N)=NCCCCNC(=O)OC(C)(C)C)c1. The Balaban J connectivity index is 2.26. The van der Waals surface area contributed by atoms with E-state index >= 15 is 0 Å². The van der Waals surface area contributed by atoms with Gasteiger partial charge in [0.2, 0.25) is 0 Å². The van der Waals surface area contributed by atoms with E-state index in [9.17, 15) is 4.79 Å². The Morgan fingerprint density at radius 1 is 1.28 bits per heavy atom. The van der Waals surface area contributed by atoms with Gasteiger partial charge in [-0.3, -0.25) is 4.99 Å². The van der Waals surface area contributed by atoms with E-state index in [0.29, 0.717) is 25.0 Å². The van der Waals surface area contributed by atoms with Crippen molar-refractivity contribution in [1.29, 1.82) is 0 Å². The van der Waals surface area contributed by atoms with E-state index in [1.54, 1.807) is 0 Å².